The summed E-state index contributed by atoms with van der Waals surface area (Å²) in [5, 5.41) is 15.1. The molecule has 0 atom stereocenters. The predicted molar refractivity (Wildman–Crippen MR) is 122 cm³/mol. The zero-order valence-corrected chi connectivity index (χ0v) is 17.5. The Kier molecular flexibility index (Phi) is 7.32. The number of hydrogen-bond acceptors (Lipinski definition) is 6. The molecule has 32 heavy (non-hydrogen) atoms. The third-order valence-corrected chi connectivity index (χ3v) is 4.53. The van der Waals surface area contributed by atoms with Crippen LogP contribution in [0.15, 0.2) is 84.0 Å². The van der Waals surface area contributed by atoms with Crippen LogP contribution in [0.5, 0.6) is 11.5 Å². The molecule has 8 nitrogen and oxygen atoms in total. The van der Waals surface area contributed by atoms with Gasteiger partial charge in [-0.25, -0.2) is 5.43 Å². The van der Waals surface area contributed by atoms with E-state index in [1.54, 1.807) is 42.5 Å². The highest BCUT2D eigenvalue weighted by atomic mass is 16.6. The smallest absolute Gasteiger partial charge is 0.271 e. The van der Waals surface area contributed by atoms with E-state index in [9.17, 15) is 14.9 Å². The van der Waals surface area contributed by atoms with Crippen molar-refractivity contribution in [2.24, 2.45) is 5.10 Å². The van der Waals surface area contributed by atoms with Gasteiger partial charge in [0.1, 0.15) is 0 Å². The van der Waals surface area contributed by atoms with Gasteiger partial charge in [0.15, 0.2) is 11.5 Å². The van der Waals surface area contributed by atoms with E-state index in [2.05, 4.69) is 10.5 Å². The molecule has 0 radical (unpaired) electrons. The Morgan fingerprint density at radius 1 is 0.938 bits per heavy atom. The predicted octanol–water partition coefficient (Wildman–Crippen LogP) is 4.46. The number of methoxy groups -OCH3 is 2. The standard InChI is InChI=1S/C24H21N3O5/c1-31-22-15-11-19(16-23(22)32-2)24(28)26-25-21(18-6-4-3-5-7-18)14-10-17-8-12-20(13-9-17)27(29)30/h3-16H,1-2H3,(H,26,28)/b14-10+,25-21?. The summed E-state index contributed by atoms with van der Waals surface area (Å²) in [6, 6.07) is 20.3. The molecule has 0 aromatic heterocycles. The van der Waals surface area contributed by atoms with Crippen LogP contribution in [-0.4, -0.2) is 30.8 Å². The van der Waals surface area contributed by atoms with Crippen molar-refractivity contribution in [2.75, 3.05) is 14.2 Å². The van der Waals surface area contributed by atoms with Crippen molar-refractivity contribution in [3.63, 3.8) is 0 Å². The van der Waals surface area contributed by atoms with Crippen molar-refractivity contribution in [3.05, 3.63) is 106 Å². The first kappa shape index (κ1) is 22.2. The molecule has 0 unspecified atom stereocenters. The molecule has 8 heteroatoms. The number of allylic oxidation sites excluding steroid dienone is 1. The van der Waals surface area contributed by atoms with E-state index in [0.717, 1.165) is 11.1 Å². The molecule has 0 fully saturated rings. The number of benzene rings is 3. The first-order valence-corrected chi connectivity index (χ1v) is 9.60. The van der Waals surface area contributed by atoms with Crippen molar-refractivity contribution in [1.82, 2.24) is 5.43 Å². The Hall–Kier alpha value is -4.46. The van der Waals surface area contributed by atoms with Crippen LogP contribution in [-0.2, 0) is 0 Å². The van der Waals surface area contributed by atoms with E-state index in [-0.39, 0.29) is 5.69 Å². The van der Waals surface area contributed by atoms with Crippen LogP contribution in [0.25, 0.3) is 6.08 Å². The number of nitrogens with one attached hydrogen (secondary N) is 1. The highest BCUT2D eigenvalue weighted by molar-refractivity contribution is 6.11. The molecule has 0 heterocycles. The number of nitro groups is 1. The van der Waals surface area contributed by atoms with Crippen LogP contribution in [0.3, 0.4) is 0 Å². The molecule has 3 rings (SSSR count). The van der Waals surface area contributed by atoms with Crippen LogP contribution >= 0.6 is 0 Å². The van der Waals surface area contributed by atoms with Gasteiger partial charge >= 0.3 is 0 Å². The number of hydrogen-bond donors (Lipinski definition) is 1. The molecule has 0 spiro atoms. The fourth-order valence-electron chi connectivity index (χ4n) is 2.84. The van der Waals surface area contributed by atoms with Crippen LogP contribution in [0.1, 0.15) is 21.5 Å². The highest BCUT2D eigenvalue weighted by Gasteiger charge is 2.11. The molecule has 0 aliphatic heterocycles. The molecule has 0 saturated carbocycles. The maximum atomic E-state index is 12.6. The Bertz CT molecular complexity index is 1160. The van der Waals surface area contributed by atoms with Gasteiger partial charge in [-0.15, -0.1) is 0 Å². The lowest BCUT2D eigenvalue weighted by Crippen LogP contribution is -2.19. The minimum Gasteiger partial charge on any atom is -0.493 e. The normalized spacial score (nSPS) is 11.2. The number of carbonyl (C=O) groups excluding carboxylic acids is 1. The number of rotatable bonds is 8. The Balaban J connectivity index is 1.84. The first-order chi connectivity index (χ1) is 15.5. The maximum absolute atomic E-state index is 12.6. The second-order valence-electron chi connectivity index (χ2n) is 6.56. The number of ether oxygens (including phenoxy) is 2. The van der Waals surface area contributed by atoms with E-state index < -0.39 is 10.8 Å². The van der Waals surface area contributed by atoms with Gasteiger partial charge in [-0.1, -0.05) is 36.4 Å². The lowest BCUT2D eigenvalue weighted by Gasteiger charge is -2.09. The van der Waals surface area contributed by atoms with Crippen molar-refractivity contribution < 1.29 is 19.2 Å². The topological polar surface area (TPSA) is 103 Å². The van der Waals surface area contributed by atoms with Crippen molar-refractivity contribution in [2.45, 2.75) is 0 Å². The first-order valence-electron chi connectivity index (χ1n) is 9.60. The molecule has 3 aromatic rings. The highest BCUT2D eigenvalue weighted by Crippen LogP contribution is 2.27. The largest absolute Gasteiger partial charge is 0.493 e. The number of hydrazone groups is 1. The fourth-order valence-corrected chi connectivity index (χ4v) is 2.84. The summed E-state index contributed by atoms with van der Waals surface area (Å²) in [5.41, 5.74) is 4.99. The van der Waals surface area contributed by atoms with Gasteiger partial charge < -0.3 is 9.47 Å². The monoisotopic (exact) mass is 431 g/mol. The third kappa shape index (κ3) is 5.57. The van der Waals surface area contributed by atoms with E-state index in [4.69, 9.17) is 9.47 Å². The lowest BCUT2D eigenvalue weighted by atomic mass is 10.1. The molecule has 0 bridgehead atoms. The second kappa shape index (κ2) is 10.5. The van der Waals surface area contributed by atoms with Gasteiger partial charge in [-0.2, -0.15) is 5.10 Å². The average molecular weight is 431 g/mol. The second-order valence-corrected chi connectivity index (χ2v) is 6.56. The van der Waals surface area contributed by atoms with Crippen molar-refractivity contribution in [1.29, 1.82) is 0 Å². The Morgan fingerprint density at radius 3 is 2.25 bits per heavy atom. The SMILES string of the molecule is COc1ccc(C(=O)NN=C(/C=C/c2ccc([N+](=O)[O-])cc2)c2ccccc2)cc1OC. The molecule has 0 saturated heterocycles. The maximum Gasteiger partial charge on any atom is 0.271 e. The quantitative estimate of drug-likeness (QED) is 0.322. The molecule has 1 amide bonds. The van der Waals surface area contributed by atoms with Crippen LogP contribution < -0.4 is 14.9 Å². The molecule has 0 aliphatic rings. The summed E-state index contributed by atoms with van der Waals surface area (Å²) >= 11 is 0. The molecule has 1 N–H and O–H groups in total. The Labute approximate surface area is 185 Å². The zero-order valence-electron chi connectivity index (χ0n) is 17.5. The molecular formula is C24H21N3O5. The van der Waals surface area contributed by atoms with Crippen molar-refractivity contribution >= 4 is 23.4 Å². The number of nitro benzene ring substituents is 1. The average Bonchev–Trinajstić information content (AvgIpc) is 2.84. The van der Waals surface area contributed by atoms with Crippen molar-refractivity contribution in [3.8, 4) is 11.5 Å². The summed E-state index contributed by atoms with van der Waals surface area (Å²) < 4.78 is 10.4. The number of carbonyl (C=O) groups is 1. The summed E-state index contributed by atoms with van der Waals surface area (Å²) in [6.45, 7) is 0. The third-order valence-electron chi connectivity index (χ3n) is 4.53. The minimum absolute atomic E-state index is 0.0151. The zero-order chi connectivity index (χ0) is 22.9. The minimum atomic E-state index is -0.450. The van der Waals surface area contributed by atoms with Crippen LogP contribution in [0.2, 0.25) is 0 Å². The van der Waals surface area contributed by atoms with Gasteiger partial charge in [-0.3, -0.25) is 14.9 Å². The van der Waals surface area contributed by atoms with E-state index >= 15 is 0 Å². The van der Waals surface area contributed by atoms with Gasteiger partial charge in [0.25, 0.3) is 11.6 Å². The van der Waals surface area contributed by atoms with E-state index in [0.29, 0.717) is 22.8 Å². The van der Waals surface area contributed by atoms with Gasteiger partial charge in [0.05, 0.1) is 24.9 Å². The fraction of sp³-hybridized carbons (Fsp3) is 0.0833. The van der Waals surface area contributed by atoms with E-state index in [1.807, 2.05) is 30.3 Å². The summed E-state index contributed by atoms with van der Waals surface area (Å²) in [6.07, 6.45) is 3.49. The molecule has 3 aromatic carbocycles. The van der Waals surface area contributed by atoms with E-state index in [1.165, 1.54) is 26.4 Å². The lowest BCUT2D eigenvalue weighted by molar-refractivity contribution is -0.384. The Morgan fingerprint density at radius 2 is 1.62 bits per heavy atom. The van der Waals surface area contributed by atoms with Gasteiger partial charge in [0, 0.05) is 23.3 Å². The molecular weight excluding hydrogens is 410 g/mol. The van der Waals surface area contributed by atoms with Gasteiger partial charge in [-0.05, 0) is 42.0 Å². The van der Waals surface area contributed by atoms with Crippen LogP contribution in [0.4, 0.5) is 5.69 Å². The molecule has 162 valence electrons. The number of nitrogens with zero attached hydrogens (tertiary/aromatic N) is 2. The van der Waals surface area contributed by atoms with Gasteiger partial charge in [0.2, 0.25) is 0 Å². The summed E-state index contributed by atoms with van der Waals surface area (Å²) in [7, 11) is 3.01. The number of non-ortho nitro benzene ring substituents is 1. The number of amides is 1. The summed E-state index contributed by atoms with van der Waals surface area (Å²) in [4.78, 5) is 23.0. The molecule has 0 aliphatic carbocycles. The van der Waals surface area contributed by atoms with Crippen LogP contribution in [0, 0.1) is 10.1 Å². The summed E-state index contributed by atoms with van der Waals surface area (Å²) in [5.74, 6) is 0.539.